The van der Waals surface area contributed by atoms with Crippen LogP contribution in [0.25, 0.3) is 0 Å². The Morgan fingerprint density at radius 3 is 2.26 bits per heavy atom. The molecule has 0 bridgehead atoms. The fourth-order valence-electron chi connectivity index (χ4n) is 2.20. The van der Waals surface area contributed by atoms with Crippen molar-refractivity contribution >= 4 is 21.9 Å². The average Bonchev–Trinajstić information content (AvgIpc) is 2.58. The molecule has 1 rings (SSSR count). The second kappa shape index (κ2) is 13.4. The first-order chi connectivity index (χ1) is 11.3. The summed E-state index contributed by atoms with van der Waals surface area (Å²) >= 11 is 3.42. The minimum absolute atomic E-state index is 0.247. The topological polar surface area (TPSA) is 35.5 Å². The van der Waals surface area contributed by atoms with Crippen LogP contribution in [0.15, 0.2) is 24.3 Å². The number of benzene rings is 1. The van der Waals surface area contributed by atoms with Crippen LogP contribution < -0.4 is 4.74 Å². The summed E-state index contributed by atoms with van der Waals surface area (Å²) in [4.78, 5) is 11.9. The molecular formula is C19H29BrO3. The van der Waals surface area contributed by atoms with Gasteiger partial charge in [-0.1, -0.05) is 55.0 Å². The van der Waals surface area contributed by atoms with E-state index in [-0.39, 0.29) is 5.97 Å². The lowest BCUT2D eigenvalue weighted by atomic mass is 10.2. The Morgan fingerprint density at radius 1 is 0.913 bits per heavy atom. The highest BCUT2D eigenvalue weighted by molar-refractivity contribution is 9.09. The summed E-state index contributed by atoms with van der Waals surface area (Å²) in [5.41, 5.74) is 0.588. The molecule has 0 atom stereocenters. The Kier molecular flexibility index (Phi) is 11.7. The Balaban J connectivity index is 2.18. The van der Waals surface area contributed by atoms with Crippen molar-refractivity contribution < 1.29 is 14.3 Å². The van der Waals surface area contributed by atoms with E-state index in [2.05, 4.69) is 22.9 Å². The van der Waals surface area contributed by atoms with Crippen molar-refractivity contribution in [3.05, 3.63) is 29.8 Å². The van der Waals surface area contributed by atoms with Gasteiger partial charge in [0.25, 0.3) is 0 Å². The maximum atomic E-state index is 11.9. The van der Waals surface area contributed by atoms with Crippen molar-refractivity contribution in [3.8, 4) is 5.75 Å². The van der Waals surface area contributed by atoms with E-state index in [1.165, 1.54) is 32.1 Å². The molecule has 0 amide bonds. The Bertz CT molecular complexity index is 417. The average molecular weight is 385 g/mol. The van der Waals surface area contributed by atoms with Gasteiger partial charge in [0, 0.05) is 5.33 Å². The summed E-state index contributed by atoms with van der Waals surface area (Å²) in [6.07, 6.45) is 9.14. The van der Waals surface area contributed by atoms with E-state index in [1.54, 1.807) is 12.1 Å². The van der Waals surface area contributed by atoms with Gasteiger partial charge in [0.15, 0.2) is 0 Å². The summed E-state index contributed by atoms with van der Waals surface area (Å²) in [6, 6.07) is 7.21. The summed E-state index contributed by atoms with van der Waals surface area (Å²) in [5.74, 6) is 0.562. The number of hydrogen-bond donors (Lipinski definition) is 0. The third kappa shape index (κ3) is 9.65. The fraction of sp³-hybridized carbons (Fsp3) is 0.632. The lowest BCUT2D eigenvalue weighted by molar-refractivity contribution is 0.0497. The molecule has 3 nitrogen and oxygen atoms in total. The van der Waals surface area contributed by atoms with Crippen LogP contribution in [0.4, 0.5) is 0 Å². The molecule has 0 unspecified atom stereocenters. The summed E-state index contributed by atoms with van der Waals surface area (Å²) in [7, 11) is 0. The number of hydrogen-bond acceptors (Lipinski definition) is 3. The maximum Gasteiger partial charge on any atom is 0.338 e. The second-order valence-electron chi connectivity index (χ2n) is 5.67. The zero-order chi connectivity index (χ0) is 16.8. The quantitative estimate of drug-likeness (QED) is 0.246. The number of ether oxygens (including phenoxy) is 2. The van der Waals surface area contributed by atoms with Crippen LogP contribution in [0.2, 0.25) is 0 Å². The summed E-state index contributed by atoms with van der Waals surface area (Å²) in [6.45, 7) is 3.40. The van der Waals surface area contributed by atoms with Crippen LogP contribution in [-0.2, 0) is 4.74 Å². The minimum atomic E-state index is -0.247. The zero-order valence-corrected chi connectivity index (χ0v) is 15.8. The largest absolute Gasteiger partial charge is 0.494 e. The van der Waals surface area contributed by atoms with Gasteiger partial charge in [-0.3, -0.25) is 0 Å². The second-order valence-corrected chi connectivity index (χ2v) is 6.47. The van der Waals surface area contributed by atoms with Crippen LogP contribution in [-0.4, -0.2) is 24.5 Å². The molecule has 1 aromatic carbocycles. The molecule has 0 saturated carbocycles. The van der Waals surface area contributed by atoms with E-state index >= 15 is 0 Å². The van der Waals surface area contributed by atoms with Gasteiger partial charge in [-0.15, -0.1) is 0 Å². The van der Waals surface area contributed by atoms with E-state index in [0.717, 1.165) is 36.9 Å². The lowest BCUT2D eigenvalue weighted by Crippen LogP contribution is -2.06. The monoisotopic (exact) mass is 384 g/mol. The fourth-order valence-corrected chi connectivity index (χ4v) is 2.60. The SMILES string of the molecule is CCCCCOc1ccc(C(=O)OCCCCCCCBr)cc1. The van der Waals surface area contributed by atoms with Crippen LogP contribution in [0.5, 0.6) is 5.75 Å². The molecular weight excluding hydrogens is 356 g/mol. The van der Waals surface area contributed by atoms with E-state index in [0.29, 0.717) is 12.2 Å². The molecule has 0 aliphatic heterocycles. The molecule has 0 spiro atoms. The number of carbonyl (C=O) groups excluding carboxylic acids is 1. The van der Waals surface area contributed by atoms with Crippen molar-refractivity contribution in [2.24, 2.45) is 0 Å². The maximum absolute atomic E-state index is 11.9. The molecule has 130 valence electrons. The highest BCUT2D eigenvalue weighted by Gasteiger charge is 2.07. The molecule has 4 heteroatoms. The van der Waals surface area contributed by atoms with Crippen molar-refractivity contribution in [2.45, 2.75) is 58.3 Å². The van der Waals surface area contributed by atoms with E-state index in [9.17, 15) is 4.79 Å². The predicted molar refractivity (Wildman–Crippen MR) is 98.6 cm³/mol. The van der Waals surface area contributed by atoms with Gasteiger partial charge in [-0.25, -0.2) is 4.79 Å². The van der Waals surface area contributed by atoms with Gasteiger partial charge >= 0.3 is 5.97 Å². The Hall–Kier alpha value is -1.03. The third-order valence-corrected chi connectivity index (χ3v) is 4.18. The molecule has 0 fully saturated rings. The van der Waals surface area contributed by atoms with Gasteiger partial charge in [0.1, 0.15) is 5.75 Å². The molecule has 1 aromatic rings. The molecule has 0 N–H and O–H groups in total. The predicted octanol–water partition coefficient (Wildman–Crippen LogP) is 5.76. The Morgan fingerprint density at radius 2 is 1.57 bits per heavy atom. The van der Waals surface area contributed by atoms with E-state index in [4.69, 9.17) is 9.47 Å². The number of rotatable bonds is 13. The van der Waals surface area contributed by atoms with E-state index < -0.39 is 0 Å². The van der Waals surface area contributed by atoms with Gasteiger partial charge in [0.2, 0.25) is 0 Å². The van der Waals surface area contributed by atoms with Gasteiger partial charge in [-0.2, -0.15) is 0 Å². The van der Waals surface area contributed by atoms with Crippen molar-refractivity contribution in [1.82, 2.24) is 0 Å². The number of carbonyl (C=O) groups is 1. The van der Waals surface area contributed by atoms with Gasteiger partial charge < -0.3 is 9.47 Å². The number of alkyl halides is 1. The third-order valence-electron chi connectivity index (χ3n) is 3.62. The molecule has 0 heterocycles. The Labute approximate surface area is 148 Å². The lowest BCUT2D eigenvalue weighted by Gasteiger charge is -2.07. The summed E-state index contributed by atoms with van der Waals surface area (Å²) in [5, 5.41) is 1.07. The van der Waals surface area contributed by atoms with Crippen LogP contribution in [0.3, 0.4) is 0 Å². The van der Waals surface area contributed by atoms with Crippen LogP contribution >= 0.6 is 15.9 Å². The van der Waals surface area contributed by atoms with Crippen LogP contribution in [0.1, 0.15) is 68.6 Å². The van der Waals surface area contributed by atoms with Crippen molar-refractivity contribution in [1.29, 1.82) is 0 Å². The first kappa shape index (κ1) is 20.0. The van der Waals surface area contributed by atoms with Gasteiger partial charge in [-0.05, 0) is 43.5 Å². The van der Waals surface area contributed by atoms with Crippen molar-refractivity contribution in [2.75, 3.05) is 18.5 Å². The van der Waals surface area contributed by atoms with Crippen LogP contribution in [0, 0.1) is 0 Å². The number of unbranched alkanes of at least 4 members (excludes halogenated alkanes) is 6. The highest BCUT2D eigenvalue weighted by atomic mass is 79.9. The molecule has 0 saturated heterocycles. The van der Waals surface area contributed by atoms with E-state index in [1.807, 2.05) is 12.1 Å². The zero-order valence-electron chi connectivity index (χ0n) is 14.2. The molecule has 0 aromatic heterocycles. The molecule has 0 aliphatic carbocycles. The number of esters is 1. The molecule has 23 heavy (non-hydrogen) atoms. The summed E-state index contributed by atoms with van der Waals surface area (Å²) < 4.78 is 10.9. The standard InChI is InChI=1S/C19H29BrO3/c1-2-3-8-15-22-18-12-10-17(11-13-18)19(21)23-16-9-6-4-5-7-14-20/h10-13H,2-9,14-16H2,1H3. The smallest absolute Gasteiger partial charge is 0.338 e. The number of halogens is 1. The normalized spacial score (nSPS) is 10.5. The van der Waals surface area contributed by atoms with Gasteiger partial charge in [0.05, 0.1) is 18.8 Å². The first-order valence-electron chi connectivity index (χ1n) is 8.74. The molecule has 0 radical (unpaired) electrons. The molecule has 0 aliphatic rings. The first-order valence-corrected chi connectivity index (χ1v) is 9.86. The van der Waals surface area contributed by atoms with Crippen molar-refractivity contribution in [3.63, 3.8) is 0 Å². The minimum Gasteiger partial charge on any atom is -0.494 e. The highest BCUT2D eigenvalue weighted by Crippen LogP contribution is 2.14.